The van der Waals surface area contributed by atoms with E-state index < -0.39 is 12.0 Å². The molecular weight excluding hydrogens is 266 g/mol. The maximum atomic E-state index is 11.6. The number of nitrogens with one attached hydrogen (secondary N) is 1. The lowest BCUT2D eigenvalue weighted by Gasteiger charge is -2.19. The zero-order valence-corrected chi connectivity index (χ0v) is 13.6. The van der Waals surface area contributed by atoms with Crippen LogP contribution in [0.2, 0.25) is 0 Å². The normalized spacial score (nSPS) is 24.3. The third kappa shape index (κ3) is 6.78. The topological polar surface area (TPSA) is 55.4 Å². The van der Waals surface area contributed by atoms with Crippen molar-refractivity contribution in [1.82, 2.24) is 5.32 Å². The van der Waals surface area contributed by atoms with Gasteiger partial charge in [0.05, 0.1) is 7.11 Å². The van der Waals surface area contributed by atoms with E-state index in [1.54, 1.807) is 0 Å². The molecule has 0 bridgehead atoms. The third-order valence-corrected chi connectivity index (χ3v) is 4.38. The lowest BCUT2D eigenvalue weighted by molar-refractivity contribution is -0.144. The van der Waals surface area contributed by atoms with Crippen molar-refractivity contribution in [2.75, 3.05) is 7.11 Å². The number of hydrogen-bond donors (Lipinski definition) is 1. The smallest absolute Gasteiger partial charge is 0.328 e. The second-order valence-electron chi connectivity index (χ2n) is 6.09. The molecule has 1 rings (SSSR count). The molecule has 3 atom stereocenters. The van der Waals surface area contributed by atoms with Gasteiger partial charge in [-0.3, -0.25) is 4.79 Å². The van der Waals surface area contributed by atoms with Crippen molar-refractivity contribution in [3.8, 4) is 0 Å². The summed E-state index contributed by atoms with van der Waals surface area (Å²) in [5.74, 6) is 0.930. The van der Waals surface area contributed by atoms with Crippen molar-refractivity contribution < 1.29 is 14.3 Å². The first-order valence-electron chi connectivity index (χ1n) is 8.04. The first-order valence-corrected chi connectivity index (χ1v) is 8.04. The molecule has 1 fully saturated rings. The monoisotopic (exact) mass is 295 g/mol. The van der Waals surface area contributed by atoms with Crippen LogP contribution < -0.4 is 5.32 Å². The Morgan fingerprint density at radius 1 is 1.24 bits per heavy atom. The summed E-state index contributed by atoms with van der Waals surface area (Å²) in [4.78, 5) is 22.7. The summed E-state index contributed by atoms with van der Waals surface area (Å²) in [6, 6.07) is -0.574. The van der Waals surface area contributed by atoms with Gasteiger partial charge in [-0.15, -0.1) is 0 Å². The van der Waals surface area contributed by atoms with Gasteiger partial charge in [-0.05, 0) is 31.1 Å². The van der Waals surface area contributed by atoms with E-state index in [1.165, 1.54) is 46.1 Å². The number of esters is 1. The first kappa shape index (κ1) is 17.7. The summed E-state index contributed by atoms with van der Waals surface area (Å²) < 4.78 is 4.71. The molecule has 1 amide bonds. The van der Waals surface area contributed by atoms with Gasteiger partial charge in [0.1, 0.15) is 6.04 Å². The maximum absolute atomic E-state index is 11.6. The number of amides is 1. The van der Waals surface area contributed by atoms with Crippen LogP contribution in [0.25, 0.3) is 0 Å². The van der Waals surface area contributed by atoms with Crippen molar-refractivity contribution in [3.05, 3.63) is 12.2 Å². The molecule has 0 aromatic rings. The van der Waals surface area contributed by atoms with Gasteiger partial charge in [-0.2, -0.15) is 0 Å². The van der Waals surface area contributed by atoms with Crippen LogP contribution in [0.1, 0.15) is 58.8 Å². The number of carbonyl (C=O) groups excluding carboxylic acids is 2. The zero-order chi connectivity index (χ0) is 15.7. The molecule has 4 nitrogen and oxygen atoms in total. The molecule has 2 unspecified atom stereocenters. The van der Waals surface area contributed by atoms with Gasteiger partial charge < -0.3 is 10.1 Å². The number of rotatable bonds is 6. The Hall–Kier alpha value is -1.32. The maximum Gasteiger partial charge on any atom is 0.328 e. The highest BCUT2D eigenvalue weighted by Gasteiger charge is 2.20. The lowest BCUT2D eigenvalue weighted by atomic mass is 9.87. The van der Waals surface area contributed by atoms with Crippen LogP contribution in [0.3, 0.4) is 0 Å². The predicted molar refractivity (Wildman–Crippen MR) is 83.7 cm³/mol. The van der Waals surface area contributed by atoms with Crippen molar-refractivity contribution in [1.29, 1.82) is 0 Å². The highest BCUT2D eigenvalue weighted by atomic mass is 16.5. The van der Waals surface area contributed by atoms with Crippen LogP contribution in [-0.2, 0) is 14.3 Å². The minimum atomic E-state index is -0.574. The van der Waals surface area contributed by atoms with E-state index in [9.17, 15) is 9.59 Å². The number of ether oxygens (including phenoxy) is 1. The molecule has 0 spiro atoms. The SMILES string of the molecule is COC(=O)[C@H](CC=CCC1CCCCCC1C)NC(C)=O. The number of allylic oxidation sites excluding steroid dienone is 1. The van der Waals surface area contributed by atoms with Gasteiger partial charge in [0, 0.05) is 6.92 Å². The van der Waals surface area contributed by atoms with Gasteiger partial charge in [0.15, 0.2) is 0 Å². The molecule has 0 heterocycles. The van der Waals surface area contributed by atoms with E-state index in [1.807, 2.05) is 6.08 Å². The minimum absolute atomic E-state index is 0.212. The molecule has 0 saturated heterocycles. The number of hydrogen-bond acceptors (Lipinski definition) is 3. The fraction of sp³-hybridized carbons (Fsp3) is 0.765. The standard InChI is InChI=1S/C17H29NO3/c1-13-9-5-4-6-10-15(13)11-7-8-12-16(17(20)21-3)18-14(2)19/h7-8,13,15-16H,4-6,9-12H2,1-3H3,(H,18,19)/t13?,15?,16-/m0/s1. The minimum Gasteiger partial charge on any atom is -0.467 e. The molecule has 1 aliphatic rings. The van der Waals surface area contributed by atoms with E-state index in [0.717, 1.165) is 18.3 Å². The molecule has 1 aliphatic carbocycles. The summed E-state index contributed by atoms with van der Waals surface area (Å²) in [6.07, 6.45) is 12.4. The van der Waals surface area contributed by atoms with Gasteiger partial charge in [0.25, 0.3) is 0 Å². The molecule has 1 N–H and O–H groups in total. The van der Waals surface area contributed by atoms with Gasteiger partial charge in [0.2, 0.25) is 5.91 Å². The summed E-state index contributed by atoms with van der Waals surface area (Å²) in [7, 11) is 1.34. The first-order chi connectivity index (χ1) is 10.0. The van der Waals surface area contributed by atoms with E-state index >= 15 is 0 Å². The Morgan fingerprint density at radius 3 is 2.62 bits per heavy atom. The summed E-state index contributed by atoms with van der Waals surface area (Å²) in [5.41, 5.74) is 0. The van der Waals surface area contributed by atoms with E-state index in [-0.39, 0.29) is 5.91 Å². The molecule has 0 aromatic heterocycles. The van der Waals surface area contributed by atoms with Crippen LogP contribution >= 0.6 is 0 Å². The van der Waals surface area contributed by atoms with Crippen molar-refractivity contribution in [3.63, 3.8) is 0 Å². The Kier molecular flexibility index (Phi) is 8.09. The second kappa shape index (κ2) is 9.59. The summed E-state index contributed by atoms with van der Waals surface area (Å²) >= 11 is 0. The van der Waals surface area contributed by atoms with Crippen LogP contribution in [0.4, 0.5) is 0 Å². The summed E-state index contributed by atoms with van der Waals surface area (Å²) in [6.45, 7) is 3.76. The Balaban J connectivity index is 2.43. The Labute approximate surface area is 128 Å². The Morgan fingerprint density at radius 2 is 1.95 bits per heavy atom. The molecule has 0 radical (unpaired) electrons. The fourth-order valence-electron chi connectivity index (χ4n) is 3.03. The van der Waals surface area contributed by atoms with Crippen LogP contribution in [0.5, 0.6) is 0 Å². The van der Waals surface area contributed by atoms with Crippen LogP contribution in [-0.4, -0.2) is 25.0 Å². The van der Waals surface area contributed by atoms with Crippen molar-refractivity contribution >= 4 is 11.9 Å². The molecule has 0 aromatic carbocycles. The molecule has 21 heavy (non-hydrogen) atoms. The van der Waals surface area contributed by atoms with Crippen molar-refractivity contribution in [2.24, 2.45) is 11.8 Å². The van der Waals surface area contributed by atoms with Crippen molar-refractivity contribution in [2.45, 2.75) is 64.8 Å². The Bertz CT molecular complexity index is 365. The quantitative estimate of drug-likeness (QED) is 0.465. The molecule has 1 saturated carbocycles. The van der Waals surface area contributed by atoms with Gasteiger partial charge in [-0.25, -0.2) is 4.79 Å². The van der Waals surface area contributed by atoms with E-state index in [4.69, 9.17) is 4.74 Å². The highest BCUT2D eigenvalue weighted by molar-refractivity contribution is 5.83. The van der Waals surface area contributed by atoms with Gasteiger partial charge >= 0.3 is 5.97 Å². The summed E-state index contributed by atoms with van der Waals surface area (Å²) in [5, 5.41) is 2.62. The largest absolute Gasteiger partial charge is 0.467 e. The zero-order valence-electron chi connectivity index (χ0n) is 13.6. The molecule has 4 heteroatoms. The molecular formula is C17H29NO3. The number of methoxy groups -OCH3 is 1. The van der Waals surface area contributed by atoms with E-state index in [2.05, 4.69) is 18.3 Å². The third-order valence-electron chi connectivity index (χ3n) is 4.38. The lowest BCUT2D eigenvalue weighted by Crippen LogP contribution is -2.39. The van der Waals surface area contributed by atoms with E-state index in [0.29, 0.717) is 6.42 Å². The average molecular weight is 295 g/mol. The van der Waals surface area contributed by atoms with Crippen LogP contribution in [0.15, 0.2) is 12.2 Å². The highest BCUT2D eigenvalue weighted by Crippen LogP contribution is 2.30. The second-order valence-corrected chi connectivity index (χ2v) is 6.09. The molecule has 120 valence electrons. The van der Waals surface area contributed by atoms with Crippen LogP contribution in [0, 0.1) is 11.8 Å². The number of carbonyl (C=O) groups is 2. The molecule has 0 aliphatic heterocycles. The van der Waals surface area contributed by atoms with Gasteiger partial charge in [-0.1, -0.05) is 44.8 Å². The average Bonchev–Trinajstić information content (AvgIpc) is 2.65. The fourth-order valence-corrected chi connectivity index (χ4v) is 3.03. The predicted octanol–water partition coefficient (Wildman–Crippen LogP) is 3.22.